The summed E-state index contributed by atoms with van der Waals surface area (Å²) in [5.41, 5.74) is 4.94. The minimum Gasteiger partial charge on any atom is -0.352 e. The number of allylic oxidation sites excluding steroid dienone is 2. The topological polar surface area (TPSA) is 55.1 Å². The van der Waals surface area contributed by atoms with Gasteiger partial charge in [0, 0.05) is 6.54 Å². The van der Waals surface area contributed by atoms with Crippen molar-refractivity contribution in [2.24, 2.45) is 11.7 Å². The molecule has 2 amide bonds. The summed E-state index contributed by atoms with van der Waals surface area (Å²) in [6, 6.07) is -0.417. The fourth-order valence-electron chi connectivity index (χ4n) is 1.29. The van der Waals surface area contributed by atoms with Crippen molar-refractivity contribution in [1.82, 2.24) is 5.32 Å². The first-order valence-electron chi connectivity index (χ1n) is 3.97. The van der Waals surface area contributed by atoms with Crippen LogP contribution in [0.15, 0.2) is 12.2 Å². The quantitative estimate of drug-likeness (QED) is 0.573. The molecule has 0 aliphatic heterocycles. The van der Waals surface area contributed by atoms with Crippen LogP contribution in [0.5, 0.6) is 0 Å². The molecular weight excluding hydrogens is 140 g/mol. The molecule has 1 aliphatic carbocycles. The van der Waals surface area contributed by atoms with Crippen LogP contribution in [0.2, 0.25) is 0 Å². The number of nitrogens with one attached hydrogen (secondary N) is 1. The lowest BCUT2D eigenvalue weighted by Crippen LogP contribution is -2.33. The van der Waals surface area contributed by atoms with Crippen LogP contribution in [0.3, 0.4) is 0 Å². The Hall–Kier alpha value is -0.990. The Morgan fingerprint density at radius 3 is 3.00 bits per heavy atom. The average Bonchev–Trinajstić information content (AvgIpc) is 2.03. The molecule has 0 aromatic rings. The van der Waals surface area contributed by atoms with Gasteiger partial charge in [-0.05, 0) is 25.2 Å². The summed E-state index contributed by atoms with van der Waals surface area (Å²) in [4.78, 5) is 10.3. The van der Waals surface area contributed by atoms with Gasteiger partial charge in [0.25, 0.3) is 0 Å². The lowest BCUT2D eigenvalue weighted by molar-refractivity contribution is 0.246. The van der Waals surface area contributed by atoms with Crippen LogP contribution < -0.4 is 11.1 Å². The van der Waals surface area contributed by atoms with Crippen molar-refractivity contribution >= 4 is 6.03 Å². The largest absolute Gasteiger partial charge is 0.352 e. The predicted octanol–water partition coefficient (Wildman–Crippen LogP) is 1.01. The second kappa shape index (κ2) is 4.01. The van der Waals surface area contributed by atoms with E-state index in [0.717, 1.165) is 25.8 Å². The highest BCUT2D eigenvalue weighted by Gasteiger charge is 2.09. The van der Waals surface area contributed by atoms with Gasteiger partial charge in [0.2, 0.25) is 0 Å². The highest BCUT2D eigenvalue weighted by atomic mass is 16.2. The molecule has 62 valence electrons. The van der Waals surface area contributed by atoms with Gasteiger partial charge in [-0.1, -0.05) is 12.2 Å². The van der Waals surface area contributed by atoms with Crippen LogP contribution >= 0.6 is 0 Å². The summed E-state index contributed by atoms with van der Waals surface area (Å²) in [6.07, 6.45) is 7.71. The molecule has 11 heavy (non-hydrogen) atoms. The second-order valence-corrected chi connectivity index (χ2v) is 2.90. The van der Waals surface area contributed by atoms with Crippen LogP contribution in [0, 0.1) is 5.92 Å². The predicted molar refractivity (Wildman–Crippen MR) is 44.1 cm³/mol. The van der Waals surface area contributed by atoms with Crippen molar-refractivity contribution in [3.05, 3.63) is 12.2 Å². The molecule has 1 aliphatic rings. The maximum Gasteiger partial charge on any atom is 0.312 e. The zero-order chi connectivity index (χ0) is 8.10. The van der Waals surface area contributed by atoms with Gasteiger partial charge >= 0.3 is 6.03 Å². The maximum atomic E-state index is 10.3. The minimum atomic E-state index is -0.417. The average molecular weight is 154 g/mol. The number of hydrogen-bond acceptors (Lipinski definition) is 1. The zero-order valence-corrected chi connectivity index (χ0v) is 6.55. The lowest BCUT2D eigenvalue weighted by Gasteiger charge is -2.16. The third-order valence-electron chi connectivity index (χ3n) is 1.94. The van der Waals surface area contributed by atoms with Crippen molar-refractivity contribution < 1.29 is 4.79 Å². The standard InChI is InChI=1S/C8H14N2O/c9-8(11)10-6-7-4-2-1-3-5-7/h1-2,7H,3-6H2,(H3,9,10,11). The van der Waals surface area contributed by atoms with E-state index in [9.17, 15) is 4.79 Å². The summed E-state index contributed by atoms with van der Waals surface area (Å²) < 4.78 is 0. The first-order chi connectivity index (χ1) is 5.29. The molecule has 0 bridgehead atoms. The van der Waals surface area contributed by atoms with Crippen molar-refractivity contribution in [3.8, 4) is 0 Å². The second-order valence-electron chi connectivity index (χ2n) is 2.90. The summed E-state index contributed by atoms with van der Waals surface area (Å²) in [7, 11) is 0. The summed E-state index contributed by atoms with van der Waals surface area (Å²) >= 11 is 0. The van der Waals surface area contributed by atoms with E-state index in [1.165, 1.54) is 0 Å². The molecule has 0 radical (unpaired) electrons. The molecule has 3 N–H and O–H groups in total. The van der Waals surface area contributed by atoms with Gasteiger partial charge in [0.1, 0.15) is 0 Å². The molecule has 3 heteroatoms. The van der Waals surface area contributed by atoms with Gasteiger partial charge in [-0.2, -0.15) is 0 Å². The van der Waals surface area contributed by atoms with Gasteiger partial charge in [0.15, 0.2) is 0 Å². The zero-order valence-electron chi connectivity index (χ0n) is 6.55. The molecule has 0 fully saturated rings. The van der Waals surface area contributed by atoms with Crippen molar-refractivity contribution in [1.29, 1.82) is 0 Å². The smallest absolute Gasteiger partial charge is 0.312 e. The molecule has 1 atom stereocenters. The number of amides is 2. The molecular formula is C8H14N2O. The normalized spacial score (nSPS) is 23.1. The molecule has 1 rings (SSSR count). The van der Waals surface area contributed by atoms with Crippen LogP contribution in [0.1, 0.15) is 19.3 Å². The number of carbonyl (C=O) groups is 1. The van der Waals surface area contributed by atoms with Gasteiger partial charge in [-0.3, -0.25) is 0 Å². The van der Waals surface area contributed by atoms with E-state index < -0.39 is 6.03 Å². The Morgan fingerprint density at radius 1 is 1.64 bits per heavy atom. The van der Waals surface area contributed by atoms with E-state index in [1.54, 1.807) is 0 Å². The number of rotatable bonds is 2. The Labute approximate surface area is 66.6 Å². The SMILES string of the molecule is NC(=O)NCC1CC=CCC1. The molecule has 0 heterocycles. The molecule has 0 saturated carbocycles. The maximum absolute atomic E-state index is 10.3. The van der Waals surface area contributed by atoms with Crippen molar-refractivity contribution in [3.63, 3.8) is 0 Å². The molecule has 3 nitrogen and oxygen atoms in total. The van der Waals surface area contributed by atoms with E-state index in [2.05, 4.69) is 17.5 Å². The van der Waals surface area contributed by atoms with Crippen LogP contribution in [-0.2, 0) is 0 Å². The van der Waals surface area contributed by atoms with Crippen LogP contribution in [-0.4, -0.2) is 12.6 Å². The number of urea groups is 1. The van der Waals surface area contributed by atoms with E-state index in [-0.39, 0.29) is 0 Å². The molecule has 0 aromatic heterocycles. The molecule has 0 saturated heterocycles. The number of hydrogen-bond donors (Lipinski definition) is 2. The van der Waals surface area contributed by atoms with Crippen molar-refractivity contribution in [2.75, 3.05) is 6.54 Å². The fraction of sp³-hybridized carbons (Fsp3) is 0.625. The molecule has 0 spiro atoms. The number of carbonyl (C=O) groups excluding carboxylic acids is 1. The monoisotopic (exact) mass is 154 g/mol. The van der Waals surface area contributed by atoms with Crippen molar-refractivity contribution in [2.45, 2.75) is 19.3 Å². The van der Waals surface area contributed by atoms with E-state index in [1.807, 2.05) is 0 Å². The molecule has 0 aromatic carbocycles. The Balaban J connectivity index is 2.16. The highest BCUT2D eigenvalue weighted by molar-refractivity contribution is 5.71. The number of nitrogens with two attached hydrogens (primary N) is 1. The van der Waals surface area contributed by atoms with Gasteiger partial charge < -0.3 is 11.1 Å². The first kappa shape index (κ1) is 8.11. The van der Waals surface area contributed by atoms with E-state index in [0.29, 0.717) is 5.92 Å². The van der Waals surface area contributed by atoms with Crippen LogP contribution in [0.25, 0.3) is 0 Å². The summed E-state index contributed by atoms with van der Waals surface area (Å²) in [6.45, 7) is 0.722. The Bertz CT molecular complexity index is 165. The molecule has 1 unspecified atom stereocenters. The third kappa shape index (κ3) is 3.07. The van der Waals surface area contributed by atoms with E-state index >= 15 is 0 Å². The highest BCUT2D eigenvalue weighted by Crippen LogP contribution is 2.16. The van der Waals surface area contributed by atoms with E-state index in [4.69, 9.17) is 5.73 Å². The Morgan fingerprint density at radius 2 is 2.45 bits per heavy atom. The van der Waals surface area contributed by atoms with Gasteiger partial charge in [0.05, 0.1) is 0 Å². The van der Waals surface area contributed by atoms with Gasteiger partial charge in [-0.25, -0.2) is 4.79 Å². The van der Waals surface area contributed by atoms with Gasteiger partial charge in [-0.15, -0.1) is 0 Å². The Kier molecular flexibility index (Phi) is 2.95. The first-order valence-corrected chi connectivity index (χ1v) is 3.97. The lowest BCUT2D eigenvalue weighted by atomic mass is 9.94. The fourth-order valence-corrected chi connectivity index (χ4v) is 1.29. The minimum absolute atomic E-state index is 0.417. The third-order valence-corrected chi connectivity index (χ3v) is 1.94. The summed E-state index contributed by atoms with van der Waals surface area (Å²) in [5.74, 6) is 0.590. The van der Waals surface area contributed by atoms with Crippen LogP contribution in [0.4, 0.5) is 4.79 Å². The number of primary amides is 1. The summed E-state index contributed by atoms with van der Waals surface area (Å²) in [5, 5.41) is 2.62.